The summed E-state index contributed by atoms with van der Waals surface area (Å²) in [6, 6.07) is 4.85. The van der Waals surface area contributed by atoms with E-state index >= 15 is 0 Å². The van der Waals surface area contributed by atoms with E-state index in [4.69, 9.17) is 27.9 Å². The number of ether oxygens (including phenoxy) is 1. The minimum atomic E-state index is -0.317. The number of carbonyl (C=O) groups excluding carboxylic acids is 1. The highest BCUT2D eigenvalue weighted by atomic mass is 35.5. The van der Waals surface area contributed by atoms with Gasteiger partial charge in [-0.2, -0.15) is 0 Å². The molecule has 0 aliphatic heterocycles. The largest absolute Gasteiger partial charge is 0.482 e. The van der Waals surface area contributed by atoms with Crippen molar-refractivity contribution in [2.75, 3.05) is 13.2 Å². The topological polar surface area (TPSA) is 58.6 Å². The van der Waals surface area contributed by atoms with Crippen LogP contribution in [0.4, 0.5) is 0 Å². The van der Waals surface area contributed by atoms with Crippen molar-refractivity contribution in [2.45, 2.75) is 31.8 Å². The van der Waals surface area contributed by atoms with Gasteiger partial charge in [0.25, 0.3) is 5.91 Å². The molecule has 6 heteroatoms. The van der Waals surface area contributed by atoms with Crippen LogP contribution < -0.4 is 10.1 Å². The van der Waals surface area contributed by atoms with E-state index in [1.165, 1.54) is 0 Å². The van der Waals surface area contributed by atoms with E-state index < -0.39 is 0 Å². The molecule has 0 radical (unpaired) electrons. The van der Waals surface area contributed by atoms with Crippen molar-refractivity contribution in [2.24, 2.45) is 5.92 Å². The lowest BCUT2D eigenvalue weighted by Gasteiger charge is -2.27. The van der Waals surface area contributed by atoms with Gasteiger partial charge in [0, 0.05) is 23.6 Å². The van der Waals surface area contributed by atoms with E-state index in [0.29, 0.717) is 22.3 Å². The van der Waals surface area contributed by atoms with Gasteiger partial charge in [0.2, 0.25) is 0 Å². The zero-order chi connectivity index (χ0) is 15.2. The van der Waals surface area contributed by atoms with Crippen LogP contribution in [-0.2, 0) is 4.79 Å². The highest BCUT2D eigenvalue weighted by molar-refractivity contribution is 6.34. The van der Waals surface area contributed by atoms with Gasteiger partial charge in [-0.05, 0) is 25.0 Å². The lowest BCUT2D eigenvalue weighted by atomic mass is 9.86. The van der Waals surface area contributed by atoms with E-state index in [9.17, 15) is 9.90 Å². The molecule has 1 aliphatic carbocycles. The van der Waals surface area contributed by atoms with Crippen molar-refractivity contribution < 1.29 is 14.6 Å². The fourth-order valence-electron chi connectivity index (χ4n) is 2.45. The quantitative estimate of drug-likeness (QED) is 0.871. The molecule has 2 rings (SSSR count). The molecule has 4 nitrogen and oxygen atoms in total. The third-order valence-electron chi connectivity index (χ3n) is 3.68. The number of hydrogen-bond donors (Lipinski definition) is 2. The summed E-state index contributed by atoms with van der Waals surface area (Å²) >= 11 is 11.8. The van der Waals surface area contributed by atoms with Gasteiger partial charge in [0.1, 0.15) is 5.75 Å². The van der Waals surface area contributed by atoms with Crippen molar-refractivity contribution in [1.82, 2.24) is 5.32 Å². The van der Waals surface area contributed by atoms with E-state index in [1.807, 2.05) is 0 Å². The molecule has 1 aromatic rings. The maximum Gasteiger partial charge on any atom is 0.257 e. The van der Waals surface area contributed by atoms with Gasteiger partial charge in [-0.1, -0.05) is 36.0 Å². The third kappa shape index (κ3) is 5.06. The number of carbonyl (C=O) groups is 1. The second-order valence-electron chi connectivity index (χ2n) is 5.28. The molecule has 0 bridgehead atoms. The van der Waals surface area contributed by atoms with Crippen LogP contribution in [0.3, 0.4) is 0 Å². The number of aliphatic hydroxyl groups is 1. The molecule has 116 valence electrons. The highest BCUT2D eigenvalue weighted by Gasteiger charge is 2.23. The molecule has 0 spiro atoms. The van der Waals surface area contributed by atoms with Gasteiger partial charge in [0.05, 0.1) is 11.1 Å². The predicted molar refractivity (Wildman–Crippen MR) is 82.9 cm³/mol. The Hall–Kier alpha value is -0.970. The van der Waals surface area contributed by atoms with Crippen molar-refractivity contribution >= 4 is 29.1 Å². The summed E-state index contributed by atoms with van der Waals surface area (Å²) in [7, 11) is 0. The van der Waals surface area contributed by atoms with Gasteiger partial charge in [-0.15, -0.1) is 0 Å². The van der Waals surface area contributed by atoms with Crippen LogP contribution in [0, 0.1) is 5.92 Å². The predicted octanol–water partition coefficient (Wildman–Crippen LogP) is 3.04. The van der Waals surface area contributed by atoms with Crippen molar-refractivity contribution in [3.8, 4) is 5.75 Å². The summed E-state index contributed by atoms with van der Waals surface area (Å²) in [5, 5.41) is 13.5. The zero-order valence-electron chi connectivity index (χ0n) is 11.6. The molecular formula is C15H19Cl2NO3. The molecule has 0 aromatic heterocycles. The Kier molecular flexibility index (Phi) is 6.15. The summed E-state index contributed by atoms with van der Waals surface area (Å²) < 4.78 is 5.36. The normalized spacial score (nSPS) is 21.9. The zero-order valence-corrected chi connectivity index (χ0v) is 13.2. The number of hydrogen-bond acceptors (Lipinski definition) is 3. The lowest BCUT2D eigenvalue weighted by molar-refractivity contribution is -0.123. The van der Waals surface area contributed by atoms with Gasteiger partial charge in [-0.3, -0.25) is 4.79 Å². The van der Waals surface area contributed by atoms with E-state index in [0.717, 1.165) is 25.7 Å². The minimum Gasteiger partial charge on any atom is -0.482 e. The summed E-state index contributed by atoms with van der Waals surface area (Å²) in [6.45, 7) is 0.357. The fraction of sp³-hybridized carbons (Fsp3) is 0.533. The maximum atomic E-state index is 11.8. The smallest absolute Gasteiger partial charge is 0.257 e. The SMILES string of the molecule is O=C(COc1cc(Cl)ccc1Cl)NCC1CCCCC1O. The van der Waals surface area contributed by atoms with Crippen LogP contribution >= 0.6 is 23.2 Å². The molecule has 2 N–H and O–H groups in total. The maximum absolute atomic E-state index is 11.8. The Morgan fingerprint density at radius 3 is 2.86 bits per heavy atom. The standard InChI is InChI=1S/C15H19Cl2NO3/c16-11-5-6-12(17)14(7-11)21-9-15(20)18-8-10-3-1-2-4-13(10)19/h5-7,10,13,19H,1-4,8-9H2,(H,18,20). The Morgan fingerprint density at radius 1 is 1.33 bits per heavy atom. The molecule has 21 heavy (non-hydrogen) atoms. The molecule has 1 aromatic carbocycles. The average Bonchev–Trinajstić information content (AvgIpc) is 2.47. The molecule has 1 amide bonds. The molecule has 2 atom stereocenters. The lowest BCUT2D eigenvalue weighted by Crippen LogP contribution is -2.38. The van der Waals surface area contributed by atoms with E-state index in [-0.39, 0.29) is 24.5 Å². The summed E-state index contributed by atoms with van der Waals surface area (Å²) in [6.07, 6.45) is 3.61. The van der Waals surface area contributed by atoms with Crippen molar-refractivity contribution in [3.63, 3.8) is 0 Å². The van der Waals surface area contributed by atoms with Crippen LogP contribution in [0.2, 0.25) is 10.0 Å². The number of halogens is 2. The van der Waals surface area contributed by atoms with E-state index in [2.05, 4.69) is 5.32 Å². The highest BCUT2D eigenvalue weighted by Crippen LogP contribution is 2.27. The number of rotatable bonds is 5. The third-order valence-corrected chi connectivity index (χ3v) is 4.23. The molecule has 0 saturated heterocycles. The van der Waals surface area contributed by atoms with Crippen LogP contribution in [0.1, 0.15) is 25.7 Å². The number of aliphatic hydroxyl groups excluding tert-OH is 1. The Morgan fingerprint density at radius 2 is 2.10 bits per heavy atom. The first-order valence-electron chi connectivity index (χ1n) is 7.09. The van der Waals surface area contributed by atoms with E-state index in [1.54, 1.807) is 18.2 Å². The number of nitrogens with one attached hydrogen (secondary N) is 1. The van der Waals surface area contributed by atoms with Crippen molar-refractivity contribution in [1.29, 1.82) is 0 Å². The second-order valence-corrected chi connectivity index (χ2v) is 6.12. The monoisotopic (exact) mass is 331 g/mol. The number of benzene rings is 1. The Labute approximate surface area is 134 Å². The molecule has 1 saturated carbocycles. The van der Waals surface area contributed by atoms with Gasteiger partial charge in [0.15, 0.2) is 6.61 Å². The van der Waals surface area contributed by atoms with Crippen molar-refractivity contribution in [3.05, 3.63) is 28.2 Å². The fourth-order valence-corrected chi connectivity index (χ4v) is 2.79. The first kappa shape index (κ1) is 16.4. The molecule has 1 aliphatic rings. The van der Waals surface area contributed by atoms with Gasteiger partial charge >= 0.3 is 0 Å². The first-order valence-corrected chi connectivity index (χ1v) is 7.84. The van der Waals surface area contributed by atoms with Crippen LogP contribution in [0.25, 0.3) is 0 Å². The molecule has 1 fully saturated rings. The van der Waals surface area contributed by atoms with Crippen LogP contribution in [-0.4, -0.2) is 30.3 Å². The van der Waals surface area contributed by atoms with Gasteiger partial charge in [-0.25, -0.2) is 0 Å². The summed E-state index contributed by atoms with van der Waals surface area (Å²) in [5.74, 6) is 0.290. The molecular weight excluding hydrogens is 313 g/mol. The van der Waals surface area contributed by atoms with Gasteiger partial charge < -0.3 is 15.2 Å². The second kappa shape index (κ2) is 7.87. The van der Waals surface area contributed by atoms with Crippen LogP contribution in [0.5, 0.6) is 5.75 Å². The molecule has 2 unspecified atom stereocenters. The summed E-state index contributed by atoms with van der Waals surface area (Å²) in [5.41, 5.74) is 0. The Bertz CT molecular complexity index is 496. The summed E-state index contributed by atoms with van der Waals surface area (Å²) in [4.78, 5) is 11.8. The first-order chi connectivity index (χ1) is 10.1. The average molecular weight is 332 g/mol. The Balaban J connectivity index is 1.75. The van der Waals surface area contributed by atoms with Crippen LogP contribution in [0.15, 0.2) is 18.2 Å². The minimum absolute atomic E-state index is 0.122. The number of amides is 1. The molecule has 0 heterocycles.